The number of methoxy groups -OCH3 is 1. The molecule has 1 fully saturated rings. The lowest BCUT2D eigenvalue weighted by Gasteiger charge is -2.35. The standard InChI is InChI=1S/C23H26N6O2/c1-31-13-12-29-17-24-21-14-19(5-6-20(21)23(29)30)27-10-8-26(9-11-27)15-18-16-28-7-3-2-4-22(28)25-18/h2-7,14,16-17H,8-13,15H2,1H3. The molecule has 5 rings (SSSR count). The number of aromatic nitrogens is 4. The van der Waals surface area contributed by atoms with Gasteiger partial charge in [0.15, 0.2) is 0 Å². The SMILES string of the molecule is COCCn1cnc2cc(N3CCN(Cc4cn5ccccc5n4)CC3)ccc2c1=O. The quantitative estimate of drug-likeness (QED) is 0.477. The Morgan fingerprint density at radius 2 is 1.97 bits per heavy atom. The van der Waals surface area contributed by atoms with E-state index in [1.54, 1.807) is 18.0 Å². The Morgan fingerprint density at radius 1 is 1.10 bits per heavy atom. The van der Waals surface area contributed by atoms with Crippen molar-refractivity contribution in [2.24, 2.45) is 0 Å². The monoisotopic (exact) mass is 418 g/mol. The van der Waals surface area contributed by atoms with E-state index in [4.69, 9.17) is 9.72 Å². The average Bonchev–Trinajstić information content (AvgIpc) is 3.21. The fourth-order valence-corrected chi connectivity index (χ4v) is 4.15. The van der Waals surface area contributed by atoms with Crippen LogP contribution in [0, 0.1) is 0 Å². The highest BCUT2D eigenvalue weighted by molar-refractivity contribution is 5.81. The van der Waals surface area contributed by atoms with Crippen molar-refractivity contribution < 1.29 is 4.74 Å². The number of hydrogen-bond donors (Lipinski definition) is 0. The van der Waals surface area contributed by atoms with Gasteiger partial charge in [-0.1, -0.05) is 6.07 Å². The van der Waals surface area contributed by atoms with E-state index in [0.29, 0.717) is 18.5 Å². The number of anilines is 1. The minimum atomic E-state index is -0.0223. The summed E-state index contributed by atoms with van der Waals surface area (Å²) in [6.07, 6.45) is 5.75. The van der Waals surface area contributed by atoms with Gasteiger partial charge in [0.05, 0.1) is 36.1 Å². The average molecular weight is 419 g/mol. The minimum absolute atomic E-state index is 0.0223. The van der Waals surface area contributed by atoms with Crippen molar-refractivity contribution in [1.29, 1.82) is 0 Å². The van der Waals surface area contributed by atoms with Gasteiger partial charge >= 0.3 is 0 Å². The molecule has 8 heteroatoms. The highest BCUT2D eigenvalue weighted by Crippen LogP contribution is 2.21. The second kappa shape index (κ2) is 8.49. The van der Waals surface area contributed by atoms with Crippen LogP contribution in [-0.4, -0.2) is 63.7 Å². The van der Waals surface area contributed by atoms with Gasteiger partial charge in [-0.25, -0.2) is 9.97 Å². The first-order chi connectivity index (χ1) is 15.2. The van der Waals surface area contributed by atoms with Gasteiger partial charge in [0, 0.05) is 57.9 Å². The Balaban J connectivity index is 1.26. The predicted molar refractivity (Wildman–Crippen MR) is 121 cm³/mol. The number of hydrogen-bond acceptors (Lipinski definition) is 6. The van der Waals surface area contributed by atoms with E-state index in [2.05, 4.69) is 25.4 Å². The van der Waals surface area contributed by atoms with Crippen LogP contribution in [-0.2, 0) is 17.8 Å². The summed E-state index contributed by atoms with van der Waals surface area (Å²) in [5.74, 6) is 0. The van der Waals surface area contributed by atoms with Crippen molar-refractivity contribution in [3.8, 4) is 0 Å². The molecule has 0 N–H and O–H groups in total. The summed E-state index contributed by atoms with van der Waals surface area (Å²) in [4.78, 5) is 26.7. The smallest absolute Gasteiger partial charge is 0.261 e. The van der Waals surface area contributed by atoms with Gasteiger partial charge < -0.3 is 14.0 Å². The number of imidazole rings is 1. The predicted octanol–water partition coefficient (Wildman–Crippen LogP) is 2.01. The minimum Gasteiger partial charge on any atom is -0.383 e. The summed E-state index contributed by atoms with van der Waals surface area (Å²) >= 11 is 0. The maximum absolute atomic E-state index is 12.6. The molecule has 0 unspecified atom stereocenters. The third kappa shape index (κ3) is 4.04. The van der Waals surface area contributed by atoms with E-state index < -0.39 is 0 Å². The fraction of sp³-hybridized carbons (Fsp3) is 0.348. The molecule has 0 amide bonds. The van der Waals surface area contributed by atoms with Gasteiger partial charge in [-0.05, 0) is 30.3 Å². The first-order valence-corrected chi connectivity index (χ1v) is 10.6. The highest BCUT2D eigenvalue weighted by atomic mass is 16.5. The van der Waals surface area contributed by atoms with E-state index in [-0.39, 0.29) is 5.56 Å². The second-order valence-corrected chi connectivity index (χ2v) is 7.90. The number of nitrogens with zero attached hydrogens (tertiary/aromatic N) is 6. The van der Waals surface area contributed by atoms with Crippen LogP contribution >= 0.6 is 0 Å². The lowest BCUT2D eigenvalue weighted by molar-refractivity contribution is 0.186. The lowest BCUT2D eigenvalue weighted by atomic mass is 10.2. The first-order valence-electron chi connectivity index (χ1n) is 10.6. The molecule has 1 aliphatic rings. The third-order valence-electron chi connectivity index (χ3n) is 5.88. The molecule has 0 aliphatic carbocycles. The second-order valence-electron chi connectivity index (χ2n) is 7.90. The Kier molecular flexibility index (Phi) is 5.40. The molecule has 1 aromatic carbocycles. The van der Waals surface area contributed by atoms with E-state index >= 15 is 0 Å². The summed E-state index contributed by atoms with van der Waals surface area (Å²) in [6, 6.07) is 12.0. The van der Waals surface area contributed by atoms with Crippen LogP contribution in [0.3, 0.4) is 0 Å². The van der Waals surface area contributed by atoms with Crippen LogP contribution in [0.25, 0.3) is 16.6 Å². The largest absolute Gasteiger partial charge is 0.383 e. The normalized spacial score (nSPS) is 15.2. The van der Waals surface area contributed by atoms with Crippen molar-refractivity contribution >= 4 is 22.2 Å². The topological polar surface area (TPSA) is 67.9 Å². The zero-order valence-corrected chi connectivity index (χ0v) is 17.6. The van der Waals surface area contributed by atoms with Gasteiger partial charge in [-0.2, -0.15) is 0 Å². The van der Waals surface area contributed by atoms with Crippen molar-refractivity contribution in [3.63, 3.8) is 0 Å². The molecule has 0 saturated carbocycles. The molecule has 1 aliphatic heterocycles. The molecular formula is C23H26N6O2. The molecule has 4 aromatic rings. The molecule has 0 radical (unpaired) electrons. The van der Waals surface area contributed by atoms with Crippen molar-refractivity contribution in [3.05, 3.63) is 71.2 Å². The van der Waals surface area contributed by atoms with Crippen LogP contribution < -0.4 is 10.5 Å². The molecule has 31 heavy (non-hydrogen) atoms. The van der Waals surface area contributed by atoms with Crippen LogP contribution in [0.5, 0.6) is 0 Å². The van der Waals surface area contributed by atoms with Crippen molar-refractivity contribution in [1.82, 2.24) is 23.8 Å². The van der Waals surface area contributed by atoms with Gasteiger partial charge in [-0.15, -0.1) is 0 Å². The molecule has 8 nitrogen and oxygen atoms in total. The molecule has 4 heterocycles. The molecule has 0 bridgehead atoms. The molecular weight excluding hydrogens is 392 g/mol. The Hall–Kier alpha value is -3.23. The van der Waals surface area contributed by atoms with Crippen LogP contribution in [0.15, 0.2) is 59.9 Å². The molecule has 0 atom stereocenters. The number of ether oxygens (including phenoxy) is 1. The number of pyridine rings is 1. The summed E-state index contributed by atoms with van der Waals surface area (Å²) < 4.78 is 8.74. The molecule has 0 spiro atoms. The van der Waals surface area contributed by atoms with Gasteiger partial charge in [-0.3, -0.25) is 14.3 Å². The Bertz CT molecular complexity index is 1220. The van der Waals surface area contributed by atoms with Crippen molar-refractivity contribution in [2.45, 2.75) is 13.1 Å². The van der Waals surface area contributed by atoms with Crippen molar-refractivity contribution in [2.75, 3.05) is 44.8 Å². The lowest BCUT2D eigenvalue weighted by Crippen LogP contribution is -2.46. The number of rotatable bonds is 6. The van der Waals surface area contributed by atoms with Gasteiger partial charge in [0.2, 0.25) is 0 Å². The van der Waals surface area contributed by atoms with E-state index in [1.165, 1.54) is 0 Å². The van der Waals surface area contributed by atoms with Crippen LogP contribution in [0.2, 0.25) is 0 Å². The number of benzene rings is 1. The fourth-order valence-electron chi connectivity index (χ4n) is 4.15. The highest BCUT2D eigenvalue weighted by Gasteiger charge is 2.19. The number of piperazine rings is 1. The van der Waals surface area contributed by atoms with Gasteiger partial charge in [0.25, 0.3) is 5.56 Å². The van der Waals surface area contributed by atoms with Crippen LogP contribution in [0.4, 0.5) is 5.69 Å². The van der Waals surface area contributed by atoms with Gasteiger partial charge in [0.1, 0.15) is 5.65 Å². The third-order valence-corrected chi connectivity index (χ3v) is 5.88. The van der Waals surface area contributed by atoms with E-state index in [0.717, 1.165) is 55.3 Å². The van der Waals surface area contributed by atoms with Crippen LogP contribution in [0.1, 0.15) is 5.69 Å². The maximum Gasteiger partial charge on any atom is 0.261 e. The summed E-state index contributed by atoms with van der Waals surface area (Å²) in [7, 11) is 1.63. The first kappa shape index (κ1) is 19.7. The van der Waals surface area contributed by atoms with E-state index in [9.17, 15) is 4.79 Å². The van der Waals surface area contributed by atoms with E-state index in [1.807, 2.05) is 42.6 Å². The number of fused-ring (bicyclic) bond motifs is 2. The maximum atomic E-state index is 12.6. The zero-order valence-electron chi connectivity index (χ0n) is 17.6. The summed E-state index contributed by atoms with van der Waals surface area (Å²) in [5.41, 5.74) is 3.91. The summed E-state index contributed by atoms with van der Waals surface area (Å²) in [6.45, 7) is 5.66. The summed E-state index contributed by atoms with van der Waals surface area (Å²) in [5, 5.41) is 0.646. The Morgan fingerprint density at radius 3 is 2.77 bits per heavy atom. The zero-order chi connectivity index (χ0) is 21.2. The Labute approximate surface area is 180 Å². The molecule has 1 saturated heterocycles. The molecule has 160 valence electrons. The molecule has 3 aromatic heterocycles.